The molecule has 0 saturated heterocycles. The summed E-state index contributed by atoms with van der Waals surface area (Å²) >= 11 is 0. The Morgan fingerprint density at radius 3 is 2.84 bits per heavy atom. The Kier molecular flexibility index (Phi) is 2.63. The van der Waals surface area contributed by atoms with E-state index in [0.717, 1.165) is 16.8 Å². The van der Waals surface area contributed by atoms with Gasteiger partial charge in [0.05, 0.1) is 0 Å². The Bertz CT molecular complexity index is 671. The lowest BCUT2D eigenvalue weighted by Gasteiger charge is -2.06. The van der Waals surface area contributed by atoms with Gasteiger partial charge >= 0.3 is 6.03 Å². The lowest BCUT2D eigenvalue weighted by atomic mass is 10.1. The smallest absolute Gasteiger partial charge is 0.328 e. The molecule has 1 aromatic heterocycles. The van der Waals surface area contributed by atoms with Gasteiger partial charge in [0.25, 0.3) is 0 Å². The third kappa shape index (κ3) is 2.01. The van der Waals surface area contributed by atoms with E-state index in [1.165, 1.54) is 16.0 Å². The van der Waals surface area contributed by atoms with Gasteiger partial charge in [-0.1, -0.05) is 29.1 Å². The predicted octanol–water partition coefficient (Wildman–Crippen LogP) is 1.30. The molecule has 2 aromatic rings. The average molecular weight is 255 g/mol. The number of rotatable bonds is 1. The number of fused-ring (bicyclic) bond motifs is 1. The van der Waals surface area contributed by atoms with Gasteiger partial charge < -0.3 is 4.90 Å². The topological polar surface area (TPSA) is 63.9 Å². The van der Waals surface area contributed by atoms with Crippen LogP contribution in [0, 0.1) is 0 Å². The van der Waals surface area contributed by atoms with Gasteiger partial charge in [-0.25, -0.2) is 4.79 Å². The highest BCUT2D eigenvalue weighted by Gasteiger charge is 2.19. The van der Waals surface area contributed by atoms with Gasteiger partial charge in [0.2, 0.25) is 5.82 Å². The molecule has 0 bridgehead atoms. The van der Waals surface area contributed by atoms with E-state index in [0.29, 0.717) is 5.82 Å². The van der Waals surface area contributed by atoms with Crippen molar-refractivity contribution in [3.8, 4) is 0 Å². The number of carbonyl (C=O) groups is 1. The molecule has 0 aliphatic heterocycles. The molecule has 1 aliphatic carbocycles. The molecule has 3 rings (SSSR count). The molecule has 1 aromatic carbocycles. The van der Waals surface area contributed by atoms with E-state index in [1.54, 1.807) is 14.1 Å². The maximum absolute atomic E-state index is 11.7. The van der Waals surface area contributed by atoms with Crippen molar-refractivity contribution in [3.63, 3.8) is 0 Å². The van der Waals surface area contributed by atoms with Crippen LogP contribution < -0.4 is 0 Å². The van der Waals surface area contributed by atoms with Gasteiger partial charge in [0, 0.05) is 26.1 Å². The number of nitrogens with zero attached hydrogens (tertiary/aromatic N) is 5. The van der Waals surface area contributed by atoms with Crippen molar-refractivity contribution in [3.05, 3.63) is 41.2 Å². The maximum Gasteiger partial charge on any atom is 0.362 e. The molecule has 6 nitrogen and oxygen atoms in total. The number of benzene rings is 1. The second-order valence-electron chi connectivity index (χ2n) is 4.62. The molecule has 1 amide bonds. The van der Waals surface area contributed by atoms with Crippen molar-refractivity contribution < 1.29 is 4.79 Å². The van der Waals surface area contributed by atoms with Gasteiger partial charge in [0.1, 0.15) is 0 Å². The Labute approximate surface area is 110 Å². The summed E-state index contributed by atoms with van der Waals surface area (Å²) in [4.78, 5) is 14.1. The third-order valence-electron chi connectivity index (χ3n) is 3.02. The number of allylic oxidation sites excluding steroid dienone is 1. The molecule has 0 unspecified atom stereocenters. The summed E-state index contributed by atoms with van der Waals surface area (Å²) in [7, 11) is 3.30. The van der Waals surface area contributed by atoms with Crippen LogP contribution in [0.25, 0.3) is 11.6 Å². The van der Waals surface area contributed by atoms with Gasteiger partial charge in [-0.3, -0.25) is 0 Å². The SMILES string of the molecule is CN(C)C(=O)n1nnc(C2=Cc3ccccc3C2)n1. The summed E-state index contributed by atoms with van der Waals surface area (Å²) in [6.45, 7) is 0. The molecule has 0 saturated carbocycles. The molecule has 0 atom stereocenters. The number of aromatic nitrogens is 4. The summed E-state index contributed by atoms with van der Waals surface area (Å²) < 4.78 is 0. The Balaban J connectivity index is 1.88. The Hall–Kier alpha value is -2.50. The molecule has 19 heavy (non-hydrogen) atoms. The van der Waals surface area contributed by atoms with E-state index >= 15 is 0 Å². The summed E-state index contributed by atoms with van der Waals surface area (Å²) in [6, 6.07) is 7.83. The summed E-state index contributed by atoms with van der Waals surface area (Å²) in [5.41, 5.74) is 3.40. The van der Waals surface area contributed by atoms with E-state index in [1.807, 2.05) is 18.2 Å². The zero-order valence-corrected chi connectivity index (χ0v) is 10.7. The van der Waals surface area contributed by atoms with Crippen molar-refractivity contribution >= 4 is 17.7 Å². The largest absolute Gasteiger partial charge is 0.362 e. The van der Waals surface area contributed by atoms with Crippen LogP contribution in [0.1, 0.15) is 17.0 Å². The molecular formula is C13H13N5O. The fraction of sp³-hybridized carbons (Fsp3) is 0.231. The van der Waals surface area contributed by atoms with Crippen molar-refractivity contribution in [1.29, 1.82) is 0 Å². The third-order valence-corrected chi connectivity index (χ3v) is 3.02. The quantitative estimate of drug-likeness (QED) is 0.770. The van der Waals surface area contributed by atoms with E-state index in [4.69, 9.17) is 0 Å². The highest BCUT2D eigenvalue weighted by atomic mass is 16.2. The molecule has 1 heterocycles. The van der Waals surface area contributed by atoms with Gasteiger partial charge in [0.15, 0.2) is 0 Å². The first kappa shape index (κ1) is 11.6. The number of hydrogen-bond donors (Lipinski definition) is 0. The lowest BCUT2D eigenvalue weighted by molar-refractivity contribution is 0.211. The highest BCUT2D eigenvalue weighted by Crippen LogP contribution is 2.29. The van der Waals surface area contributed by atoms with Crippen LogP contribution in [0.2, 0.25) is 0 Å². The minimum atomic E-state index is -0.310. The minimum absolute atomic E-state index is 0.310. The second kappa shape index (κ2) is 4.31. The standard InChI is InChI=1S/C13H13N5O/c1-17(2)13(19)18-15-12(14-16-18)11-7-9-5-3-4-6-10(9)8-11/h3-7H,8H2,1-2H3. The van der Waals surface area contributed by atoms with Crippen molar-refractivity contribution in [1.82, 2.24) is 25.1 Å². The van der Waals surface area contributed by atoms with E-state index in [-0.39, 0.29) is 6.03 Å². The number of carbonyl (C=O) groups excluding carboxylic acids is 1. The van der Waals surface area contributed by atoms with Crippen molar-refractivity contribution in [2.45, 2.75) is 6.42 Å². The van der Waals surface area contributed by atoms with E-state index < -0.39 is 0 Å². The molecule has 0 N–H and O–H groups in total. The van der Waals surface area contributed by atoms with Crippen LogP contribution in [0.3, 0.4) is 0 Å². The molecule has 0 radical (unpaired) electrons. The summed E-state index contributed by atoms with van der Waals surface area (Å²) in [5, 5.41) is 11.9. The fourth-order valence-electron chi connectivity index (χ4n) is 2.03. The van der Waals surface area contributed by atoms with Crippen molar-refractivity contribution in [2.75, 3.05) is 14.1 Å². The van der Waals surface area contributed by atoms with E-state index in [9.17, 15) is 4.79 Å². The lowest BCUT2D eigenvalue weighted by Crippen LogP contribution is -2.29. The second-order valence-corrected chi connectivity index (χ2v) is 4.62. The zero-order valence-electron chi connectivity index (χ0n) is 10.7. The number of tetrazole rings is 1. The normalized spacial score (nSPS) is 13.1. The van der Waals surface area contributed by atoms with Crippen LogP contribution in [0.5, 0.6) is 0 Å². The van der Waals surface area contributed by atoms with Crippen molar-refractivity contribution in [2.24, 2.45) is 0 Å². The molecule has 0 fully saturated rings. The highest BCUT2D eigenvalue weighted by molar-refractivity contribution is 5.86. The van der Waals surface area contributed by atoms with Gasteiger partial charge in [-0.05, 0) is 22.4 Å². The Morgan fingerprint density at radius 2 is 2.11 bits per heavy atom. The van der Waals surface area contributed by atoms with Crippen LogP contribution in [-0.4, -0.2) is 45.2 Å². The zero-order chi connectivity index (χ0) is 13.4. The van der Waals surface area contributed by atoms with E-state index in [2.05, 4.69) is 27.5 Å². The summed E-state index contributed by atoms with van der Waals surface area (Å²) in [6.07, 6.45) is 2.81. The van der Waals surface area contributed by atoms with Crippen LogP contribution >= 0.6 is 0 Å². The minimum Gasteiger partial charge on any atom is -0.328 e. The van der Waals surface area contributed by atoms with Gasteiger partial charge in [-0.15, -0.1) is 10.2 Å². The average Bonchev–Trinajstić information content (AvgIpc) is 3.03. The first-order valence-corrected chi connectivity index (χ1v) is 5.95. The van der Waals surface area contributed by atoms with Crippen LogP contribution in [0.15, 0.2) is 24.3 Å². The molecule has 6 heteroatoms. The Morgan fingerprint density at radius 1 is 1.32 bits per heavy atom. The molecule has 1 aliphatic rings. The predicted molar refractivity (Wildman–Crippen MR) is 70.3 cm³/mol. The molecule has 0 spiro atoms. The first-order chi connectivity index (χ1) is 9.15. The van der Waals surface area contributed by atoms with Crippen LogP contribution in [-0.2, 0) is 6.42 Å². The van der Waals surface area contributed by atoms with Gasteiger partial charge in [-0.2, -0.15) is 0 Å². The molecular weight excluding hydrogens is 242 g/mol. The maximum atomic E-state index is 11.7. The number of amides is 1. The summed E-state index contributed by atoms with van der Waals surface area (Å²) in [5.74, 6) is 0.506. The monoisotopic (exact) mass is 255 g/mol. The number of hydrogen-bond acceptors (Lipinski definition) is 4. The molecule has 96 valence electrons. The van der Waals surface area contributed by atoms with Crippen LogP contribution in [0.4, 0.5) is 4.79 Å². The first-order valence-electron chi connectivity index (χ1n) is 5.95. The fourth-order valence-corrected chi connectivity index (χ4v) is 2.03.